The van der Waals surface area contributed by atoms with E-state index in [2.05, 4.69) is 11.9 Å². The van der Waals surface area contributed by atoms with E-state index in [9.17, 15) is 4.79 Å². The van der Waals surface area contributed by atoms with E-state index in [1.165, 1.54) is 6.42 Å². The molecule has 2 unspecified atom stereocenters. The molecular weight excluding hydrogens is 230 g/mol. The summed E-state index contributed by atoms with van der Waals surface area (Å²) in [6.45, 7) is 3.99. The molecule has 0 saturated heterocycles. The van der Waals surface area contributed by atoms with E-state index >= 15 is 0 Å². The third-order valence-corrected chi connectivity index (χ3v) is 3.53. The van der Waals surface area contributed by atoms with Crippen LogP contribution in [0.25, 0.3) is 0 Å². The fraction of sp³-hybridized carbons (Fsp3) is 0.571. The predicted octanol–water partition coefficient (Wildman–Crippen LogP) is 3.05. The van der Waals surface area contributed by atoms with Gasteiger partial charge in [-0.05, 0) is 44.2 Å². The minimum atomic E-state index is -0.985. The number of ether oxygens (including phenoxy) is 1. The molecule has 1 heterocycles. The Morgan fingerprint density at radius 2 is 2.11 bits per heavy atom. The number of aromatic carboxylic acids is 1. The molecule has 4 heteroatoms. The van der Waals surface area contributed by atoms with Crippen molar-refractivity contribution in [3.8, 4) is 5.88 Å². The Kier molecular flexibility index (Phi) is 3.84. The van der Waals surface area contributed by atoms with Gasteiger partial charge in [-0.3, -0.25) is 0 Å². The summed E-state index contributed by atoms with van der Waals surface area (Å²) in [5, 5.41) is 9.13. The van der Waals surface area contributed by atoms with Crippen LogP contribution in [0.5, 0.6) is 5.88 Å². The second-order valence-electron chi connectivity index (χ2n) is 5.03. The number of nitrogens with zero attached hydrogens (tertiary/aromatic N) is 1. The number of carboxylic acid groups (broad SMARTS) is 1. The summed E-state index contributed by atoms with van der Waals surface area (Å²) in [5.74, 6) is -0.259. The van der Waals surface area contributed by atoms with Crippen molar-refractivity contribution < 1.29 is 14.6 Å². The standard InChI is InChI=1S/C14H19NO3/c1-9-5-3-4-6-12(9)18-13-11(14(16)17)8-7-10(2)15-13/h7-9,12H,3-6H2,1-2H3,(H,16,17). The number of hydrogen-bond donors (Lipinski definition) is 1. The van der Waals surface area contributed by atoms with Gasteiger partial charge in [-0.25, -0.2) is 9.78 Å². The molecule has 98 valence electrons. The molecule has 1 saturated carbocycles. The molecule has 2 atom stereocenters. The van der Waals surface area contributed by atoms with Crippen molar-refractivity contribution >= 4 is 5.97 Å². The third-order valence-electron chi connectivity index (χ3n) is 3.53. The van der Waals surface area contributed by atoms with Crippen LogP contribution in [-0.4, -0.2) is 22.2 Å². The third kappa shape index (κ3) is 2.81. The summed E-state index contributed by atoms with van der Waals surface area (Å²) in [6.07, 6.45) is 4.58. The number of hydrogen-bond acceptors (Lipinski definition) is 3. The van der Waals surface area contributed by atoms with Crippen molar-refractivity contribution in [2.75, 3.05) is 0 Å². The van der Waals surface area contributed by atoms with Gasteiger partial charge >= 0.3 is 5.97 Å². The lowest BCUT2D eigenvalue weighted by Gasteiger charge is -2.29. The molecule has 1 aliphatic carbocycles. The first-order valence-corrected chi connectivity index (χ1v) is 6.45. The average molecular weight is 249 g/mol. The summed E-state index contributed by atoms with van der Waals surface area (Å²) in [5.41, 5.74) is 0.928. The molecule has 1 aromatic heterocycles. The van der Waals surface area contributed by atoms with Gasteiger partial charge in [0, 0.05) is 5.69 Å². The van der Waals surface area contributed by atoms with Crippen LogP contribution in [-0.2, 0) is 0 Å². The first-order chi connectivity index (χ1) is 8.58. The molecule has 1 aromatic rings. The molecule has 0 amide bonds. The van der Waals surface area contributed by atoms with Crippen molar-refractivity contribution in [2.45, 2.75) is 45.6 Å². The van der Waals surface area contributed by atoms with Gasteiger partial charge < -0.3 is 9.84 Å². The number of pyridine rings is 1. The largest absolute Gasteiger partial charge is 0.477 e. The minimum absolute atomic E-state index is 0.0890. The number of aryl methyl sites for hydroxylation is 1. The Balaban J connectivity index is 2.21. The zero-order valence-electron chi connectivity index (χ0n) is 10.8. The van der Waals surface area contributed by atoms with Crippen LogP contribution in [0, 0.1) is 12.8 Å². The first-order valence-electron chi connectivity index (χ1n) is 6.45. The normalized spacial score (nSPS) is 23.7. The fourth-order valence-corrected chi connectivity index (χ4v) is 2.39. The van der Waals surface area contributed by atoms with Crippen LogP contribution in [0.1, 0.15) is 48.7 Å². The summed E-state index contributed by atoms with van der Waals surface area (Å²) >= 11 is 0. The first kappa shape index (κ1) is 12.9. The summed E-state index contributed by atoms with van der Waals surface area (Å²) in [6, 6.07) is 3.26. The van der Waals surface area contributed by atoms with Crippen LogP contribution < -0.4 is 4.74 Å². The molecular formula is C14H19NO3. The Morgan fingerprint density at radius 1 is 1.39 bits per heavy atom. The predicted molar refractivity (Wildman–Crippen MR) is 68.0 cm³/mol. The maximum atomic E-state index is 11.1. The molecule has 0 bridgehead atoms. The molecule has 2 rings (SSSR count). The van der Waals surface area contributed by atoms with Crippen LogP contribution in [0.3, 0.4) is 0 Å². The van der Waals surface area contributed by atoms with Crippen molar-refractivity contribution in [3.63, 3.8) is 0 Å². The Labute approximate surface area is 107 Å². The number of carboxylic acids is 1. The molecule has 1 fully saturated rings. The highest BCUT2D eigenvalue weighted by Crippen LogP contribution is 2.28. The van der Waals surface area contributed by atoms with Gasteiger partial charge in [-0.1, -0.05) is 13.3 Å². The molecule has 0 spiro atoms. The number of rotatable bonds is 3. The van der Waals surface area contributed by atoms with Gasteiger partial charge in [0.25, 0.3) is 0 Å². The molecule has 1 N–H and O–H groups in total. The van der Waals surface area contributed by atoms with Gasteiger partial charge in [-0.15, -0.1) is 0 Å². The smallest absolute Gasteiger partial charge is 0.341 e. The maximum absolute atomic E-state index is 11.1. The van der Waals surface area contributed by atoms with E-state index in [0.29, 0.717) is 5.92 Å². The van der Waals surface area contributed by atoms with E-state index in [1.807, 2.05) is 6.92 Å². The van der Waals surface area contributed by atoms with E-state index < -0.39 is 5.97 Å². The highest BCUT2D eigenvalue weighted by atomic mass is 16.5. The average Bonchev–Trinajstić information content (AvgIpc) is 2.32. The van der Waals surface area contributed by atoms with Crippen molar-refractivity contribution in [2.24, 2.45) is 5.92 Å². The Hall–Kier alpha value is -1.58. The monoisotopic (exact) mass is 249 g/mol. The highest BCUT2D eigenvalue weighted by molar-refractivity contribution is 5.90. The van der Waals surface area contributed by atoms with Gasteiger partial charge in [0.1, 0.15) is 11.7 Å². The number of carbonyl (C=O) groups is 1. The number of aromatic nitrogens is 1. The zero-order chi connectivity index (χ0) is 13.1. The Morgan fingerprint density at radius 3 is 2.78 bits per heavy atom. The van der Waals surface area contributed by atoms with E-state index in [4.69, 9.17) is 9.84 Å². The van der Waals surface area contributed by atoms with Gasteiger partial charge in [-0.2, -0.15) is 0 Å². The topological polar surface area (TPSA) is 59.4 Å². The van der Waals surface area contributed by atoms with Crippen LogP contribution in [0.2, 0.25) is 0 Å². The molecule has 18 heavy (non-hydrogen) atoms. The van der Waals surface area contributed by atoms with Gasteiger partial charge in [0.2, 0.25) is 5.88 Å². The molecule has 4 nitrogen and oxygen atoms in total. The summed E-state index contributed by atoms with van der Waals surface area (Å²) in [4.78, 5) is 15.4. The van der Waals surface area contributed by atoms with Crippen LogP contribution in [0.4, 0.5) is 0 Å². The highest BCUT2D eigenvalue weighted by Gasteiger charge is 2.25. The van der Waals surface area contributed by atoms with Crippen molar-refractivity contribution in [1.29, 1.82) is 0 Å². The van der Waals surface area contributed by atoms with Crippen molar-refractivity contribution in [1.82, 2.24) is 4.98 Å². The Bertz CT molecular complexity index is 445. The van der Waals surface area contributed by atoms with Gasteiger partial charge in [0.05, 0.1) is 0 Å². The summed E-state index contributed by atoms with van der Waals surface area (Å²) < 4.78 is 5.85. The maximum Gasteiger partial charge on any atom is 0.341 e. The van der Waals surface area contributed by atoms with Gasteiger partial charge in [0.15, 0.2) is 0 Å². The quantitative estimate of drug-likeness (QED) is 0.894. The lowest BCUT2D eigenvalue weighted by Crippen LogP contribution is -2.29. The van der Waals surface area contributed by atoms with Crippen molar-refractivity contribution in [3.05, 3.63) is 23.4 Å². The lowest BCUT2D eigenvalue weighted by molar-refractivity contribution is 0.0667. The summed E-state index contributed by atoms with van der Waals surface area (Å²) in [7, 11) is 0. The van der Waals surface area contributed by atoms with Crippen LogP contribution >= 0.6 is 0 Å². The molecule has 0 aromatic carbocycles. The molecule has 0 radical (unpaired) electrons. The minimum Gasteiger partial charge on any atom is -0.477 e. The lowest BCUT2D eigenvalue weighted by atomic mass is 9.88. The van der Waals surface area contributed by atoms with E-state index in [1.54, 1.807) is 12.1 Å². The van der Waals surface area contributed by atoms with Crippen LogP contribution in [0.15, 0.2) is 12.1 Å². The second-order valence-corrected chi connectivity index (χ2v) is 5.03. The second kappa shape index (κ2) is 5.38. The molecule has 1 aliphatic rings. The zero-order valence-corrected chi connectivity index (χ0v) is 10.8. The SMILES string of the molecule is Cc1ccc(C(=O)O)c(OC2CCCCC2C)n1. The van der Waals surface area contributed by atoms with E-state index in [0.717, 1.165) is 25.0 Å². The fourth-order valence-electron chi connectivity index (χ4n) is 2.39. The molecule has 0 aliphatic heterocycles. The van der Waals surface area contributed by atoms with E-state index in [-0.39, 0.29) is 17.5 Å².